The molecular formula is C25H33N3O3. The van der Waals surface area contributed by atoms with Crippen molar-refractivity contribution in [1.82, 2.24) is 9.88 Å². The molecule has 1 saturated heterocycles. The fraction of sp³-hybridized carbons (Fsp3) is 0.480. The van der Waals surface area contributed by atoms with Gasteiger partial charge in [0.1, 0.15) is 0 Å². The van der Waals surface area contributed by atoms with Crippen LogP contribution in [0.15, 0.2) is 54.7 Å². The van der Waals surface area contributed by atoms with Crippen LogP contribution in [0.25, 0.3) is 0 Å². The summed E-state index contributed by atoms with van der Waals surface area (Å²) in [5.41, 5.74) is 2.10. The first kappa shape index (κ1) is 22.9. The normalized spacial score (nSPS) is 19.7. The van der Waals surface area contributed by atoms with E-state index in [0.717, 1.165) is 43.6 Å². The molecule has 0 radical (unpaired) electrons. The predicted molar refractivity (Wildman–Crippen MR) is 117 cm³/mol. The Bertz CT molecular complexity index is 828. The minimum Gasteiger partial charge on any atom is -0.550 e. The van der Waals surface area contributed by atoms with Crippen LogP contribution in [0, 0.1) is 11.8 Å². The number of carboxylic acid groups (broad SMARTS) is 1. The van der Waals surface area contributed by atoms with Gasteiger partial charge in [-0.1, -0.05) is 36.4 Å². The molecule has 31 heavy (non-hydrogen) atoms. The van der Waals surface area contributed by atoms with E-state index in [9.17, 15) is 14.7 Å². The molecule has 1 aliphatic rings. The van der Waals surface area contributed by atoms with Crippen molar-refractivity contribution < 1.29 is 19.6 Å². The number of pyridine rings is 1. The minimum atomic E-state index is -0.991. The van der Waals surface area contributed by atoms with Crippen molar-refractivity contribution in [2.24, 2.45) is 11.8 Å². The summed E-state index contributed by atoms with van der Waals surface area (Å²) in [6, 6.07) is 15.7. The molecule has 1 aromatic carbocycles. The van der Waals surface area contributed by atoms with E-state index >= 15 is 0 Å². The number of carbonyl (C=O) groups is 2. The van der Waals surface area contributed by atoms with Gasteiger partial charge in [0, 0.05) is 43.8 Å². The maximum atomic E-state index is 12.8. The van der Waals surface area contributed by atoms with Crippen LogP contribution in [0.2, 0.25) is 0 Å². The van der Waals surface area contributed by atoms with E-state index in [2.05, 4.69) is 12.0 Å². The number of nitrogens with one attached hydrogen (secondary N) is 1. The third-order valence-corrected chi connectivity index (χ3v) is 6.35. The number of rotatable bonds is 10. The molecule has 2 aromatic rings. The van der Waals surface area contributed by atoms with Crippen LogP contribution in [-0.4, -0.2) is 55.0 Å². The Kier molecular flexibility index (Phi) is 8.59. The van der Waals surface area contributed by atoms with E-state index in [1.165, 1.54) is 4.90 Å². The first-order valence-electron chi connectivity index (χ1n) is 11.2. The molecule has 3 rings (SSSR count). The summed E-state index contributed by atoms with van der Waals surface area (Å²) in [5.74, 6) is -0.598. The number of aliphatic carboxylic acids is 1. The lowest BCUT2D eigenvalue weighted by Crippen LogP contribution is -3.09. The molecule has 0 saturated carbocycles. The molecule has 1 fully saturated rings. The van der Waals surface area contributed by atoms with E-state index in [0.29, 0.717) is 19.5 Å². The highest BCUT2D eigenvalue weighted by Gasteiger charge is 2.31. The van der Waals surface area contributed by atoms with Gasteiger partial charge in [0.05, 0.1) is 26.6 Å². The molecule has 2 heterocycles. The molecule has 1 aromatic heterocycles. The van der Waals surface area contributed by atoms with Crippen molar-refractivity contribution in [3.63, 3.8) is 0 Å². The Labute approximate surface area is 184 Å². The van der Waals surface area contributed by atoms with E-state index in [1.807, 2.05) is 59.6 Å². The molecule has 1 aliphatic heterocycles. The summed E-state index contributed by atoms with van der Waals surface area (Å²) in [6.45, 7) is 3.19. The predicted octanol–water partition coefficient (Wildman–Crippen LogP) is 0.376. The van der Waals surface area contributed by atoms with Crippen molar-refractivity contribution in [2.75, 3.05) is 33.2 Å². The van der Waals surface area contributed by atoms with Crippen LogP contribution < -0.4 is 10.0 Å². The van der Waals surface area contributed by atoms with Crippen LogP contribution in [0.3, 0.4) is 0 Å². The Morgan fingerprint density at radius 2 is 1.87 bits per heavy atom. The third kappa shape index (κ3) is 7.47. The molecule has 0 spiro atoms. The van der Waals surface area contributed by atoms with Crippen molar-refractivity contribution in [3.05, 3.63) is 66.0 Å². The van der Waals surface area contributed by atoms with Crippen LogP contribution in [0.4, 0.5) is 0 Å². The van der Waals surface area contributed by atoms with Crippen molar-refractivity contribution in [2.45, 2.75) is 32.1 Å². The molecule has 1 amide bonds. The van der Waals surface area contributed by atoms with Crippen LogP contribution in [0.1, 0.15) is 30.5 Å². The second-order valence-electron chi connectivity index (χ2n) is 8.70. The van der Waals surface area contributed by atoms with Gasteiger partial charge in [-0.15, -0.1) is 0 Å². The lowest BCUT2D eigenvalue weighted by Gasteiger charge is -2.39. The Hall–Kier alpha value is -2.73. The molecule has 6 heteroatoms. The van der Waals surface area contributed by atoms with E-state index in [1.54, 1.807) is 0 Å². The SMILES string of the molecule is C[NH+](CCc1ccccn1)CC[C@H]1CN(C(=O)Cc2ccccc2)CC[C@H]1CC(=O)[O-]. The number of hydrogen-bond donors (Lipinski definition) is 1. The number of amides is 1. The molecule has 3 atom stereocenters. The van der Waals surface area contributed by atoms with Crippen LogP contribution >= 0.6 is 0 Å². The number of benzene rings is 1. The lowest BCUT2D eigenvalue weighted by atomic mass is 9.81. The number of likely N-dealkylation sites (tertiary alicyclic amines) is 1. The molecule has 0 aliphatic carbocycles. The number of quaternary nitrogens is 1. The molecule has 1 N–H and O–H groups in total. The van der Waals surface area contributed by atoms with Crippen molar-refractivity contribution in [3.8, 4) is 0 Å². The average molecular weight is 424 g/mol. The highest BCUT2D eigenvalue weighted by atomic mass is 16.4. The summed E-state index contributed by atoms with van der Waals surface area (Å²) in [4.78, 5) is 31.8. The average Bonchev–Trinajstić information content (AvgIpc) is 2.78. The number of piperidine rings is 1. The van der Waals surface area contributed by atoms with Gasteiger partial charge in [-0.25, -0.2) is 0 Å². The van der Waals surface area contributed by atoms with Crippen LogP contribution in [-0.2, 0) is 22.4 Å². The summed E-state index contributed by atoms with van der Waals surface area (Å²) >= 11 is 0. The van der Waals surface area contributed by atoms with E-state index in [4.69, 9.17) is 0 Å². The quantitative estimate of drug-likeness (QED) is 0.599. The monoisotopic (exact) mass is 423 g/mol. The summed E-state index contributed by atoms with van der Waals surface area (Å²) < 4.78 is 0. The molecule has 166 valence electrons. The standard InChI is InChI=1S/C25H33N3O3/c1-27(15-12-23-9-5-6-13-26-23)14-10-22-19-28(16-11-21(22)18-25(30)31)24(29)17-20-7-3-2-4-8-20/h2-9,13,21-22H,10-12,14-19H2,1H3,(H,30,31)/t21-,22-/m0/s1. The molecule has 1 unspecified atom stereocenters. The van der Waals surface area contributed by atoms with E-state index < -0.39 is 5.97 Å². The van der Waals surface area contributed by atoms with Gasteiger partial charge < -0.3 is 19.7 Å². The fourth-order valence-corrected chi connectivity index (χ4v) is 4.44. The first-order valence-corrected chi connectivity index (χ1v) is 11.2. The van der Waals surface area contributed by atoms with Gasteiger partial charge in [0.15, 0.2) is 0 Å². The minimum absolute atomic E-state index is 0.0781. The van der Waals surface area contributed by atoms with Gasteiger partial charge in [0.2, 0.25) is 5.91 Å². The summed E-state index contributed by atoms with van der Waals surface area (Å²) in [6.07, 6.45) is 4.85. The van der Waals surface area contributed by atoms with Crippen molar-refractivity contribution in [1.29, 1.82) is 0 Å². The Morgan fingerprint density at radius 1 is 1.10 bits per heavy atom. The Balaban J connectivity index is 1.53. The fourth-order valence-electron chi connectivity index (χ4n) is 4.44. The zero-order valence-electron chi connectivity index (χ0n) is 18.3. The maximum Gasteiger partial charge on any atom is 0.226 e. The van der Waals surface area contributed by atoms with Gasteiger partial charge in [-0.3, -0.25) is 9.78 Å². The highest BCUT2D eigenvalue weighted by molar-refractivity contribution is 5.79. The summed E-state index contributed by atoms with van der Waals surface area (Å²) in [7, 11) is 2.16. The van der Waals surface area contributed by atoms with Crippen LogP contribution in [0.5, 0.6) is 0 Å². The Morgan fingerprint density at radius 3 is 2.58 bits per heavy atom. The molecular weight excluding hydrogens is 390 g/mol. The number of nitrogens with zero attached hydrogens (tertiary/aromatic N) is 2. The zero-order valence-corrected chi connectivity index (χ0v) is 18.3. The first-order chi connectivity index (χ1) is 15.0. The smallest absolute Gasteiger partial charge is 0.226 e. The third-order valence-electron chi connectivity index (χ3n) is 6.35. The second-order valence-corrected chi connectivity index (χ2v) is 8.70. The highest BCUT2D eigenvalue weighted by Crippen LogP contribution is 2.29. The molecule has 0 bridgehead atoms. The van der Waals surface area contributed by atoms with Gasteiger partial charge in [-0.2, -0.15) is 0 Å². The lowest BCUT2D eigenvalue weighted by molar-refractivity contribution is -0.880. The summed E-state index contributed by atoms with van der Waals surface area (Å²) in [5, 5.41) is 11.3. The second kappa shape index (κ2) is 11.6. The van der Waals surface area contributed by atoms with Crippen molar-refractivity contribution >= 4 is 11.9 Å². The number of hydrogen-bond acceptors (Lipinski definition) is 4. The largest absolute Gasteiger partial charge is 0.550 e. The topological polar surface area (TPSA) is 77.8 Å². The molecule has 6 nitrogen and oxygen atoms in total. The number of aromatic nitrogens is 1. The van der Waals surface area contributed by atoms with Gasteiger partial charge in [0.25, 0.3) is 0 Å². The zero-order chi connectivity index (χ0) is 22.1. The van der Waals surface area contributed by atoms with E-state index in [-0.39, 0.29) is 24.2 Å². The van der Waals surface area contributed by atoms with Gasteiger partial charge in [-0.05, 0) is 42.4 Å². The van der Waals surface area contributed by atoms with Gasteiger partial charge >= 0.3 is 0 Å². The number of carboxylic acids is 1. The maximum absolute atomic E-state index is 12.8. The number of carbonyl (C=O) groups excluding carboxylic acids is 2. The number of likely N-dealkylation sites (N-methyl/N-ethyl adjacent to an activating group) is 1.